The molecule has 1 heterocycles. The normalized spacial score (nSPS) is 10.8. The number of nitrogens with one attached hydrogen (secondary N) is 1. The van der Waals surface area contributed by atoms with E-state index in [9.17, 15) is 0 Å². The van der Waals surface area contributed by atoms with Gasteiger partial charge in [0.15, 0.2) is 0 Å². The molecule has 0 aliphatic heterocycles. The van der Waals surface area contributed by atoms with Gasteiger partial charge >= 0.3 is 0 Å². The first-order chi connectivity index (χ1) is 8.70. The molecule has 2 aromatic rings. The van der Waals surface area contributed by atoms with Gasteiger partial charge in [0.1, 0.15) is 0 Å². The fourth-order valence-corrected chi connectivity index (χ4v) is 2.04. The van der Waals surface area contributed by atoms with Crippen molar-refractivity contribution >= 4 is 0 Å². The molecule has 3 nitrogen and oxygen atoms in total. The minimum Gasteiger partial charge on any atom is -0.313 e. The van der Waals surface area contributed by atoms with Crippen LogP contribution in [0.5, 0.6) is 0 Å². The van der Waals surface area contributed by atoms with Crippen molar-refractivity contribution < 1.29 is 0 Å². The second-order valence-electron chi connectivity index (χ2n) is 4.64. The number of hydrogen-bond acceptors (Lipinski definition) is 2. The number of hydrogen-bond donors (Lipinski definition) is 1. The third-order valence-electron chi connectivity index (χ3n) is 3.21. The lowest BCUT2D eigenvalue weighted by molar-refractivity contribution is 0.675. The topological polar surface area (TPSA) is 29.9 Å². The molecular formula is C15H21N3. The molecule has 0 fully saturated rings. The molecule has 1 aromatic heterocycles. The number of aromatic nitrogens is 2. The van der Waals surface area contributed by atoms with Crippen LogP contribution in [0.1, 0.15) is 29.3 Å². The molecule has 18 heavy (non-hydrogen) atoms. The largest absolute Gasteiger partial charge is 0.313 e. The summed E-state index contributed by atoms with van der Waals surface area (Å²) >= 11 is 0. The van der Waals surface area contributed by atoms with Crippen LogP contribution in [0.25, 0.3) is 0 Å². The molecule has 0 radical (unpaired) electrons. The molecule has 0 amide bonds. The van der Waals surface area contributed by atoms with Crippen molar-refractivity contribution in [1.82, 2.24) is 15.1 Å². The monoisotopic (exact) mass is 243 g/mol. The Morgan fingerprint density at radius 1 is 1.17 bits per heavy atom. The van der Waals surface area contributed by atoms with Gasteiger partial charge in [-0.05, 0) is 31.5 Å². The molecule has 1 aromatic carbocycles. The first-order valence-corrected chi connectivity index (χ1v) is 6.49. The van der Waals surface area contributed by atoms with Crippen molar-refractivity contribution in [2.75, 3.05) is 6.54 Å². The van der Waals surface area contributed by atoms with Crippen LogP contribution in [0.4, 0.5) is 0 Å². The summed E-state index contributed by atoms with van der Waals surface area (Å²) in [5.74, 6) is 0. The van der Waals surface area contributed by atoms with Gasteiger partial charge in [-0.15, -0.1) is 0 Å². The summed E-state index contributed by atoms with van der Waals surface area (Å²) in [6.07, 6.45) is 2.14. The van der Waals surface area contributed by atoms with Crippen molar-refractivity contribution in [3.63, 3.8) is 0 Å². The fraction of sp³-hybridized carbons (Fsp3) is 0.400. The van der Waals surface area contributed by atoms with Crippen molar-refractivity contribution in [3.8, 4) is 0 Å². The van der Waals surface area contributed by atoms with Crippen LogP contribution < -0.4 is 5.32 Å². The Labute approximate surface area is 109 Å². The molecule has 2 rings (SSSR count). The lowest BCUT2D eigenvalue weighted by atomic mass is 10.1. The fourth-order valence-electron chi connectivity index (χ4n) is 2.04. The van der Waals surface area contributed by atoms with Gasteiger partial charge in [0.25, 0.3) is 0 Å². The third-order valence-corrected chi connectivity index (χ3v) is 3.21. The summed E-state index contributed by atoms with van der Waals surface area (Å²) in [5, 5.41) is 7.92. The van der Waals surface area contributed by atoms with Gasteiger partial charge in [-0.3, -0.25) is 4.68 Å². The molecule has 3 heteroatoms. The van der Waals surface area contributed by atoms with Crippen molar-refractivity contribution in [2.24, 2.45) is 0 Å². The second kappa shape index (κ2) is 5.83. The van der Waals surface area contributed by atoms with Gasteiger partial charge in [-0.1, -0.05) is 31.2 Å². The highest BCUT2D eigenvalue weighted by Gasteiger charge is 2.05. The van der Waals surface area contributed by atoms with Crippen molar-refractivity contribution in [3.05, 3.63) is 52.8 Å². The standard InChI is InChI=1S/C15H21N3/c1-4-16-9-15-11-18(17-13(15)3)10-14-8-6-5-7-12(14)2/h5-8,11,16H,4,9-10H2,1-3H3. The average Bonchev–Trinajstić information content (AvgIpc) is 2.70. The average molecular weight is 243 g/mol. The van der Waals surface area contributed by atoms with Gasteiger partial charge in [0.05, 0.1) is 12.2 Å². The predicted octanol–water partition coefficient (Wildman–Crippen LogP) is 2.66. The zero-order chi connectivity index (χ0) is 13.0. The molecule has 0 bridgehead atoms. The van der Waals surface area contributed by atoms with E-state index in [0.717, 1.165) is 25.3 Å². The Bertz CT molecular complexity index is 514. The Kier molecular flexibility index (Phi) is 4.15. The third kappa shape index (κ3) is 2.99. The summed E-state index contributed by atoms with van der Waals surface area (Å²) in [7, 11) is 0. The van der Waals surface area contributed by atoms with Crippen LogP contribution in [0.2, 0.25) is 0 Å². The molecule has 0 saturated heterocycles. The summed E-state index contributed by atoms with van der Waals surface area (Å²) in [6.45, 7) is 9.07. The van der Waals surface area contributed by atoms with Gasteiger partial charge in [-0.25, -0.2) is 0 Å². The Morgan fingerprint density at radius 2 is 1.94 bits per heavy atom. The van der Waals surface area contributed by atoms with Crippen molar-refractivity contribution in [1.29, 1.82) is 0 Å². The van der Waals surface area contributed by atoms with E-state index in [1.54, 1.807) is 0 Å². The molecule has 0 aliphatic carbocycles. The molecule has 0 unspecified atom stereocenters. The molecule has 1 N–H and O–H groups in total. The number of benzene rings is 1. The number of nitrogens with zero attached hydrogens (tertiary/aromatic N) is 2. The zero-order valence-corrected chi connectivity index (χ0v) is 11.4. The maximum atomic E-state index is 4.58. The highest BCUT2D eigenvalue weighted by atomic mass is 15.3. The Morgan fingerprint density at radius 3 is 2.67 bits per heavy atom. The molecule has 0 saturated carbocycles. The molecule has 96 valence electrons. The van der Waals surface area contributed by atoms with Crippen LogP contribution in [-0.4, -0.2) is 16.3 Å². The second-order valence-corrected chi connectivity index (χ2v) is 4.64. The van der Waals surface area contributed by atoms with Crippen LogP contribution in [-0.2, 0) is 13.1 Å². The first-order valence-electron chi connectivity index (χ1n) is 6.49. The van der Waals surface area contributed by atoms with Gasteiger partial charge in [0.2, 0.25) is 0 Å². The van der Waals surface area contributed by atoms with Gasteiger partial charge in [-0.2, -0.15) is 5.10 Å². The smallest absolute Gasteiger partial charge is 0.0662 e. The van der Waals surface area contributed by atoms with Crippen LogP contribution in [0.3, 0.4) is 0 Å². The highest BCUT2D eigenvalue weighted by molar-refractivity contribution is 5.26. The lowest BCUT2D eigenvalue weighted by Crippen LogP contribution is -2.11. The van der Waals surface area contributed by atoms with Gasteiger partial charge < -0.3 is 5.32 Å². The van der Waals surface area contributed by atoms with E-state index in [1.165, 1.54) is 16.7 Å². The van der Waals surface area contributed by atoms with E-state index in [2.05, 4.69) is 61.6 Å². The summed E-state index contributed by atoms with van der Waals surface area (Å²) < 4.78 is 2.03. The zero-order valence-electron chi connectivity index (χ0n) is 11.4. The quantitative estimate of drug-likeness (QED) is 0.875. The molecule has 0 aliphatic rings. The van der Waals surface area contributed by atoms with Crippen LogP contribution in [0, 0.1) is 13.8 Å². The predicted molar refractivity (Wildman–Crippen MR) is 74.6 cm³/mol. The number of aryl methyl sites for hydroxylation is 2. The van der Waals surface area contributed by atoms with E-state index in [1.807, 2.05) is 4.68 Å². The number of rotatable bonds is 5. The van der Waals surface area contributed by atoms with Gasteiger partial charge in [0, 0.05) is 18.3 Å². The minimum absolute atomic E-state index is 0.847. The molecule has 0 atom stereocenters. The Hall–Kier alpha value is -1.61. The maximum Gasteiger partial charge on any atom is 0.0662 e. The summed E-state index contributed by atoms with van der Waals surface area (Å²) in [6, 6.07) is 8.46. The first kappa shape index (κ1) is 12.8. The van der Waals surface area contributed by atoms with E-state index < -0.39 is 0 Å². The SMILES string of the molecule is CCNCc1cn(Cc2ccccc2C)nc1C. The molecular weight excluding hydrogens is 222 g/mol. The molecule has 0 spiro atoms. The summed E-state index contributed by atoms with van der Waals surface area (Å²) in [4.78, 5) is 0. The van der Waals surface area contributed by atoms with E-state index in [-0.39, 0.29) is 0 Å². The highest BCUT2D eigenvalue weighted by Crippen LogP contribution is 2.11. The van der Waals surface area contributed by atoms with Crippen molar-refractivity contribution in [2.45, 2.75) is 33.9 Å². The van der Waals surface area contributed by atoms with E-state index in [0.29, 0.717) is 0 Å². The Balaban J connectivity index is 2.13. The summed E-state index contributed by atoms with van der Waals surface area (Å²) in [5.41, 5.74) is 5.05. The van der Waals surface area contributed by atoms with Crippen LogP contribution in [0.15, 0.2) is 30.5 Å². The maximum absolute atomic E-state index is 4.58. The minimum atomic E-state index is 0.847. The van der Waals surface area contributed by atoms with Crippen LogP contribution >= 0.6 is 0 Å². The lowest BCUT2D eigenvalue weighted by Gasteiger charge is -2.05. The van der Waals surface area contributed by atoms with E-state index >= 15 is 0 Å². The van der Waals surface area contributed by atoms with E-state index in [4.69, 9.17) is 0 Å².